The van der Waals surface area contributed by atoms with Crippen LogP contribution in [0.1, 0.15) is 59.3 Å². The van der Waals surface area contributed by atoms with Crippen LogP contribution in [0, 0.1) is 17.8 Å². The summed E-state index contributed by atoms with van der Waals surface area (Å²) in [7, 11) is 0. The molecule has 106 valence electrons. The first-order valence-electron chi connectivity index (χ1n) is 7.54. The summed E-state index contributed by atoms with van der Waals surface area (Å²) in [4.78, 5) is 11.9. The van der Waals surface area contributed by atoms with E-state index in [9.17, 15) is 4.79 Å². The van der Waals surface area contributed by atoms with Crippen molar-refractivity contribution >= 4 is 5.91 Å². The predicted octanol–water partition coefficient (Wildman–Crippen LogP) is 2.69. The molecule has 0 aromatic carbocycles. The number of carbonyl (C=O) groups excluding carboxylic acids is 1. The fourth-order valence-corrected chi connectivity index (χ4v) is 2.98. The molecule has 1 fully saturated rings. The zero-order valence-corrected chi connectivity index (χ0v) is 12.2. The summed E-state index contributed by atoms with van der Waals surface area (Å²) in [5.41, 5.74) is 5.62. The van der Waals surface area contributed by atoms with Gasteiger partial charge < -0.3 is 11.1 Å². The van der Waals surface area contributed by atoms with Crippen molar-refractivity contribution in [2.24, 2.45) is 23.5 Å². The van der Waals surface area contributed by atoms with Crippen LogP contribution in [0.25, 0.3) is 0 Å². The lowest BCUT2D eigenvalue weighted by molar-refractivity contribution is -0.122. The van der Waals surface area contributed by atoms with E-state index in [4.69, 9.17) is 5.73 Å². The predicted molar refractivity (Wildman–Crippen MR) is 76.2 cm³/mol. The minimum absolute atomic E-state index is 0.233. The van der Waals surface area contributed by atoms with Crippen LogP contribution in [0.5, 0.6) is 0 Å². The molecule has 0 saturated heterocycles. The quantitative estimate of drug-likeness (QED) is 0.734. The van der Waals surface area contributed by atoms with E-state index in [1.165, 1.54) is 12.8 Å². The van der Waals surface area contributed by atoms with Crippen molar-refractivity contribution in [2.75, 3.05) is 6.54 Å². The molecular weight excluding hydrogens is 224 g/mol. The van der Waals surface area contributed by atoms with Gasteiger partial charge in [0.25, 0.3) is 0 Å². The molecule has 1 amide bonds. The molecule has 0 aromatic heterocycles. The van der Waals surface area contributed by atoms with Crippen LogP contribution in [-0.4, -0.2) is 18.5 Å². The van der Waals surface area contributed by atoms with Gasteiger partial charge in [-0.15, -0.1) is 0 Å². The third-order valence-electron chi connectivity index (χ3n) is 4.43. The lowest BCUT2D eigenvalue weighted by Gasteiger charge is -2.21. The minimum Gasteiger partial charge on any atom is -0.353 e. The Morgan fingerprint density at radius 2 is 2.06 bits per heavy atom. The fraction of sp³-hybridized carbons (Fsp3) is 0.933. The highest BCUT2D eigenvalue weighted by Crippen LogP contribution is 2.25. The topological polar surface area (TPSA) is 55.1 Å². The normalized spacial score (nSPS) is 25.4. The Morgan fingerprint density at radius 3 is 2.56 bits per heavy atom. The SMILES string of the molecule is CC(C)C(CCN)CCC(=O)NC1CCCC1C. The molecule has 3 unspecified atom stereocenters. The number of nitrogens with one attached hydrogen (secondary N) is 1. The maximum absolute atomic E-state index is 11.9. The third-order valence-corrected chi connectivity index (χ3v) is 4.43. The number of amides is 1. The van der Waals surface area contributed by atoms with E-state index >= 15 is 0 Å². The van der Waals surface area contributed by atoms with Crippen molar-refractivity contribution < 1.29 is 4.79 Å². The molecule has 0 bridgehead atoms. The summed E-state index contributed by atoms with van der Waals surface area (Å²) in [5.74, 6) is 2.09. The molecule has 0 radical (unpaired) electrons. The molecule has 3 atom stereocenters. The van der Waals surface area contributed by atoms with E-state index in [0.717, 1.165) is 25.8 Å². The van der Waals surface area contributed by atoms with Crippen LogP contribution in [0.2, 0.25) is 0 Å². The van der Waals surface area contributed by atoms with Crippen LogP contribution in [0.15, 0.2) is 0 Å². The summed E-state index contributed by atoms with van der Waals surface area (Å²) in [5, 5.41) is 3.19. The van der Waals surface area contributed by atoms with Crippen LogP contribution >= 0.6 is 0 Å². The van der Waals surface area contributed by atoms with Gasteiger partial charge in [0, 0.05) is 12.5 Å². The number of carbonyl (C=O) groups is 1. The van der Waals surface area contributed by atoms with Gasteiger partial charge in [0.1, 0.15) is 0 Å². The molecule has 3 nitrogen and oxygen atoms in total. The van der Waals surface area contributed by atoms with Crippen molar-refractivity contribution in [3.63, 3.8) is 0 Å². The summed E-state index contributed by atoms with van der Waals surface area (Å²) in [6, 6.07) is 0.421. The largest absolute Gasteiger partial charge is 0.353 e. The molecule has 0 spiro atoms. The van der Waals surface area contributed by atoms with E-state index < -0.39 is 0 Å². The third kappa shape index (κ3) is 4.97. The Hall–Kier alpha value is -0.570. The zero-order chi connectivity index (χ0) is 13.5. The molecule has 1 rings (SSSR count). The Kier molecular flexibility index (Phi) is 6.69. The van der Waals surface area contributed by atoms with Gasteiger partial charge in [-0.1, -0.05) is 27.2 Å². The second kappa shape index (κ2) is 7.78. The highest BCUT2D eigenvalue weighted by Gasteiger charge is 2.24. The van der Waals surface area contributed by atoms with Gasteiger partial charge in [-0.05, 0) is 50.0 Å². The van der Waals surface area contributed by atoms with Crippen LogP contribution < -0.4 is 11.1 Å². The van der Waals surface area contributed by atoms with Crippen molar-refractivity contribution in [1.82, 2.24) is 5.32 Å². The molecule has 1 aliphatic carbocycles. The van der Waals surface area contributed by atoms with E-state index in [1.807, 2.05) is 0 Å². The van der Waals surface area contributed by atoms with Gasteiger partial charge in [-0.3, -0.25) is 4.79 Å². The molecule has 18 heavy (non-hydrogen) atoms. The lowest BCUT2D eigenvalue weighted by Crippen LogP contribution is -2.36. The first-order chi connectivity index (χ1) is 8.54. The highest BCUT2D eigenvalue weighted by atomic mass is 16.1. The number of rotatable bonds is 7. The first-order valence-corrected chi connectivity index (χ1v) is 7.54. The van der Waals surface area contributed by atoms with Gasteiger partial charge in [0.05, 0.1) is 0 Å². The summed E-state index contributed by atoms with van der Waals surface area (Å²) >= 11 is 0. The van der Waals surface area contributed by atoms with Gasteiger partial charge in [-0.25, -0.2) is 0 Å². The van der Waals surface area contributed by atoms with E-state index in [2.05, 4.69) is 26.1 Å². The summed E-state index contributed by atoms with van der Waals surface area (Å²) in [6.45, 7) is 7.40. The molecule has 3 N–H and O–H groups in total. The Bertz CT molecular complexity index is 253. The molecule has 0 aromatic rings. The Balaban J connectivity index is 2.26. The van der Waals surface area contributed by atoms with Gasteiger partial charge in [0.15, 0.2) is 0 Å². The Labute approximate surface area is 112 Å². The van der Waals surface area contributed by atoms with Crippen molar-refractivity contribution in [2.45, 2.75) is 65.3 Å². The van der Waals surface area contributed by atoms with Crippen molar-refractivity contribution in [3.8, 4) is 0 Å². The smallest absolute Gasteiger partial charge is 0.220 e. The average Bonchev–Trinajstić information content (AvgIpc) is 2.70. The highest BCUT2D eigenvalue weighted by molar-refractivity contribution is 5.76. The number of hydrogen-bond acceptors (Lipinski definition) is 2. The average molecular weight is 254 g/mol. The second-order valence-electron chi connectivity index (χ2n) is 6.20. The standard InChI is InChI=1S/C15H30N2O/c1-11(2)13(9-10-16)7-8-15(18)17-14-6-4-5-12(14)3/h11-14H,4-10,16H2,1-3H3,(H,17,18). The fourth-order valence-electron chi connectivity index (χ4n) is 2.98. The van der Waals surface area contributed by atoms with Crippen molar-refractivity contribution in [1.29, 1.82) is 0 Å². The number of nitrogens with two attached hydrogens (primary N) is 1. The molecule has 0 heterocycles. The first kappa shape index (κ1) is 15.5. The van der Waals surface area contributed by atoms with Gasteiger partial charge in [0.2, 0.25) is 5.91 Å². The summed E-state index contributed by atoms with van der Waals surface area (Å²) in [6.07, 6.45) is 6.34. The van der Waals surface area contributed by atoms with E-state index in [0.29, 0.717) is 30.2 Å². The monoisotopic (exact) mass is 254 g/mol. The minimum atomic E-state index is 0.233. The number of hydrogen-bond donors (Lipinski definition) is 2. The maximum Gasteiger partial charge on any atom is 0.220 e. The van der Waals surface area contributed by atoms with E-state index in [-0.39, 0.29) is 5.91 Å². The zero-order valence-electron chi connectivity index (χ0n) is 12.2. The van der Waals surface area contributed by atoms with Gasteiger partial charge in [-0.2, -0.15) is 0 Å². The molecular formula is C15H30N2O. The van der Waals surface area contributed by atoms with Crippen LogP contribution in [-0.2, 0) is 4.79 Å². The molecule has 1 saturated carbocycles. The van der Waals surface area contributed by atoms with Crippen LogP contribution in [0.3, 0.4) is 0 Å². The maximum atomic E-state index is 11.9. The van der Waals surface area contributed by atoms with E-state index in [1.54, 1.807) is 0 Å². The summed E-state index contributed by atoms with van der Waals surface area (Å²) < 4.78 is 0. The van der Waals surface area contributed by atoms with Gasteiger partial charge >= 0.3 is 0 Å². The lowest BCUT2D eigenvalue weighted by atomic mass is 9.88. The molecule has 3 heteroatoms. The second-order valence-corrected chi connectivity index (χ2v) is 6.20. The Morgan fingerprint density at radius 1 is 1.33 bits per heavy atom. The molecule has 1 aliphatic rings. The van der Waals surface area contributed by atoms with Crippen molar-refractivity contribution in [3.05, 3.63) is 0 Å². The molecule has 0 aliphatic heterocycles. The van der Waals surface area contributed by atoms with Crippen LogP contribution in [0.4, 0.5) is 0 Å².